The van der Waals surface area contributed by atoms with E-state index in [2.05, 4.69) is 48.6 Å². The SMILES string of the molecule is Cc1cccc2c1[C@@]1(CC2)CCc2cccc(NC(=O)CSc3ccccc3)c21. The molecule has 1 amide bonds. The quantitative estimate of drug-likeness (QED) is 0.553. The number of hydrogen-bond acceptors (Lipinski definition) is 2. The van der Waals surface area contributed by atoms with E-state index in [-0.39, 0.29) is 11.3 Å². The van der Waals surface area contributed by atoms with Crippen molar-refractivity contribution in [3.05, 3.63) is 94.5 Å². The van der Waals surface area contributed by atoms with Crippen molar-refractivity contribution in [3.8, 4) is 0 Å². The van der Waals surface area contributed by atoms with E-state index < -0.39 is 0 Å². The molecule has 0 unspecified atom stereocenters. The van der Waals surface area contributed by atoms with Crippen molar-refractivity contribution >= 4 is 23.4 Å². The number of anilines is 1. The number of thioether (sulfide) groups is 1. The van der Waals surface area contributed by atoms with Gasteiger partial charge in [0.05, 0.1) is 5.75 Å². The minimum Gasteiger partial charge on any atom is -0.325 e. The van der Waals surface area contributed by atoms with Gasteiger partial charge in [0.25, 0.3) is 0 Å². The van der Waals surface area contributed by atoms with E-state index >= 15 is 0 Å². The van der Waals surface area contributed by atoms with Crippen molar-refractivity contribution in [2.45, 2.75) is 42.9 Å². The zero-order valence-electron chi connectivity index (χ0n) is 16.7. The molecular weight excluding hydrogens is 374 g/mol. The molecule has 0 bridgehead atoms. The molecule has 2 nitrogen and oxygen atoms in total. The summed E-state index contributed by atoms with van der Waals surface area (Å²) in [4.78, 5) is 13.9. The van der Waals surface area contributed by atoms with Crippen LogP contribution in [0, 0.1) is 6.92 Å². The van der Waals surface area contributed by atoms with Gasteiger partial charge in [-0.3, -0.25) is 4.79 Å². The molecule has 1 N–H and O–H groups in total. The normalized spacial score (nSPS) is 19.2. The smallest absolute Gasteiger partial charge is 0.234 e. The lowest BCUT2D eigenvalue weighted by Crippen LogP contribution is -2.25. The first kappa shape index (κ1) is 18.5. The van der Waals surface area contributed by atoms with Gasteiger partial charge in [-0.1, -0.05) is 48.5 Å². The number of rotatable bonds is 4. The second-order valence-electron chi connectivity index (χ2n) is 8.18. The van der Waals surface area contributed by atoms with Gasteiger partial charge in [-0.25, -0.2) is 0 Å². The predicted octanol–water partition coefficient (Wildman–Crippen LogP) is 5.90. The van der Waals surface area contributed by atoms with Gasteiger partial charge in [0, 0.05) is 16.0 Å². The zero-order valence-corrected chi connectivity index (χ0v) is 17.5. The third-order valence-corrected chi connectivity index (χ3v) is 7.51. The molecule has 1 spiro atoms. The van der Waals surface area contributed by atoms with Crippen molar-refractivity contribution in [1.29, 1.82) is 0 Å². The second-order valence-corrected chi connectivity index (χ2v) is 9.23. The molecule has 1 atom stereocenters. The van der Waals surface area contributed by atoms with Crippen LogP contribution in [0.15, 0.2) is 71.6 Å². The van der Waals surface area contributed by atoms with Crippen LogP contribution in [-0.2, 0) is 23.1 Å². The molecule has 3 aromatic rings. The van der Waals surface area contributed by atoms with Gasteiger partial charge in [-0.15, -0.1) is 11.8 Å². The third kappa shape index (κ3) is 3.18. The summed E-state index contributed by atoms with van der Waals surface area (Å²) in [5, 5.41) is 3.25. The largest absolute Gasteiger partial charge is 0.325 e. The Balaban J connectivity index is 1.45. The maximum atomic E-state index is 12.8. The van der Waals surface area contributed by atoms with Crippen molar-refractivity contribution in [2.24, 2.45) is 0 Å². The number of benzene rings is 3. The van der Waals surface area contributed by atoms with Gasteiger partial charge in [0.15, 0.2) is 0 Å². The number of carbonyl (C=O) groups is 1. The number of fused-ring (bicyclic) bond motifs is 4. The van der Waals surface area contributed by atoms with Crippen LogP contribution < -0.4 is 5.32 Å². The van der Waals surface area contributed by atoms with Crippen molar-refractivity contribution in [1.82, 2.24) is 0 Å². The summed E-state index contributed by atoms with van der Waals surface area (Å²) < 4.78 is 0. The molecule has 3 aromatic carbocycles. The fourth-order valence-corrected chi connectivity index (χ4v) is 6.12. The number of nitrogens with one attached hydrogen (secondary N) is 1. The molecule has 0 aromatic heterocycles. The number of hydrogen-bond donors (Lipinski definition) is 1. The lowest BCUT2D eigenvalue weighted by Gasteiger charge is -2.30. The van der Waals surface area contributed by atoms with E-state index in [9.17, 15) is 4.79 Å². The van der Waals surface area contributed by atoms with Gasteiger partial charge in [-0.05, 0) is 78.6 Å². The summed E-state index contributed by atoms with van der Waals surface area (Å²) >= 11 is 1.58. The Morgan fingerprint density at radius 2 is 1.59 bits per heavy atom. The highest BCUT2D eigenvalue weighted by Crippen LogP contribution is 2.55. The fraction of sp³-hybridized carbons (Fsp3) is 0.269. The van der Waals surface area contributed by atoms with Crippen LogP contribution >= 0.6 is 11.8 Å². The van der Waals surface area contributed by atoms with Crippen molar-refractivity contribution < 1.29 is 4.79 Å². The Bertz CT molecular complexity index is 1070. The van der Waals surface area contributed by atoms with Gasteiger partial charge >= 0.3 is 0 Å². The number of carbonyl (C=O) groups excluding carboxylic acids is 1. The molecule has 0 fully saturated rings. The summed E-state index contributed by atoms with van der Waals surface area (Å²) in [6, 6.07) is 23.2. The molecule has 3 heteroatoms. The summed E-state index contributed by atoms with van der Waals surface area (Å²) in [5.74, 6) is 0.494. The molecule has 0 radical (unpaired) electrons. The van der Waals surface area contributed by atoms with E-state index in [0.29, 0.717) is 5.75 Å². The Hall–Kier alpha value is -2.52. The lowest BCUT2D eigenvalue weighted by molar-refractivity contribution is -0.113. The zero-order chi connectivity index (χ0) is 19.8. The minimum atomic E-state index is 0.0620. The first-order valence-electron chi connectivity index (χ1n) is 10.4. The number of aryl methyl sites for hydroxylation is 3. The molecule has 0 saturated carbocycles. The first-order valence-corrected chi connectivity index (χ1v) is 11.3. The van der Waals surface area contributed by atoms with Crippen LogP contribution in [0.1, 0.15) is 40.7 Å². The first-order chi connectivity index (χ1) is 14.2. The molecule has 5 rings (SSSR count). The summed E-state index contributed by atoms with van der Waals surface area (Å²) in [6.07, 6.45) is 4.51. The third-order valence-electron chi connectivity index (χ3n) is 6.50. The standard InChI is InChI=1S/C26H25NOS/c1-18-7-5-8-19-13-15-26(24(18)19)16-14-20-9-6-12-22(25(20)26)27-23(28)17-29-21-10-3-2-4-11-21/h2-12H,13-17H2,1H3,(H,27,28)/t26-/m1/s1. The van der Waals surface area contributed by atoms with Crippen LogP contribution in [0.25, 0.3) is 0 Å². The highest BCUT2D eigenvalue weighted by atomic mass is 32.2. The predicted molar refractivity (Wildman–Crippen MR) is 121 cm³/mol. The Labute approximate surface area is 176 Å². The molecule has 0 aliphatic heterocycles. The maximum Gasteiger partial charge on any atom is 0.234 e. The van der Waals surface area contributed by atoms with E-state index in [1.807, 2.05) is 30.3 Å². The van der Waals surface area contributed by atoms with Gasteiger partial charge in [-0.2, -0.15) is 0 Å². The van der Waals surface area contributed by atoms with E-state index in [4.69, 9.17) is 0 Å². The second kappa shape index (κ2) is 7.38. The molecule has 29 heavy (non-hydrogen) atoms. The Kier molecular flexibility index (Phi) is 4.71. The van der Waals surface area contributed by atoms with Crippen LogP contribution in [0.4, 0.5) is 5.69 Å². The highest BCUT2D eigenvalue weighted by Gasteiger charge is 2.46. The number of amides is 1. The van der Waals surface area contributed by atoms with E-state index in [1.165, 1.54) is 27.8 Å². The van der Waals surface area contributed by atoms with Gasteiger partial charge in [0.2, 0.25) is 5.91 Å². The molecule has 0 heterocycles. The summed E-state index contributed by atoms with van der Waals surface area (Å²) in [7, 11) is 0. The average Bonchev–Trinajstić information content (AvgIpc) is 3.31. The Morgan fingerprint density at radius 3 is 2.34 bits per heavy atom. The monoisotopic (exact) mass is 399 g/mol. The Morgan fingerprint density at radius 1 is 0.897 bits per heavy atom. The van der Waals surface area contributed by atoms with Crippen LogP contribution in [0.2, 0.25) is 0 Å². The summed E-state index contributed by atoms with van der Waals surface area (Å²) in [5.41, 5.74) is 8.22. The van der Waals surface area contributed by atoms with Gasteiger partial charge < -0.3 is 5.32 Å². The topological polar surface area (TPSA) is 29.1 Å². The minimum absolute atomic E-state index is 0.0620. The molecule has 146 valence electrons. The average molecular weight is 400 g/mol. The van der Waals surface area contributed by atoms with Crippen LogP contribution in [0.5, 0.6) is 0 Å². The van der Waals surface area contributed by atoms with E-state index in [0.717, 1.165) is 36.3 Å². The van der Waals surface area contributed by atoms with Crippen molar-refractivity contribution in [3.63, 3.8) is 0 Å². The lowest BCUT2D eigenvalue weighted by atomic mass is 9.74. The summed E-state index contributed by atoms with van der Waals surface area (Å²) in [6.45, 7) is 2.24. The maximum absolute atomic E-state index is 12.8. The highest BCUT2D eigenvalue weighted by molar-refractivity contribution is 8.00. The molecule has 0 saturated heterocycles. The fourth-order valence-electron chi connectivity index (χ4n) is 5.40. The molecular formula is C26H25NOS. The molecule has 2 aliphatic rings. The van der Waals surface area contributed by atoms with Gasteiger partial charge in [0.1, 0.15) is 0 Å². The van der Waals surface area contributed by atoms with Crippen LogP contribution in [-0.4, -0.2) is 11.7 Å². The van der Waals surface area contributed by atoms with E-state index in [1.54, 1.807) is 11.8 Å². The molecule has 2 aliphatic carbocycles. The van der Waals surface area contributed by atoms with Crippen molar-refractivity contribution in [2.75, 3.05) is 11.1 Å². The van der Waals surface area contributed by atoms with Crippen LogP contribution in [0.3, 0.4) is 0 Å².